The van der Waals surface area contributed by atoms with Gasteiger partial charge in [-0.3, -0.25) is 38.1 Å². The number of aromatic nitrogens is 7. The molecule has 7 heterocycles. The number of hydrogen-bond acceptors (Lipinski definition) is 10. The summed E-state index contributed by atoms with van der Waals surface area (Å²) in [4.78, 5) is 65.0. The monoisotopic (exact) mass is 868 g/mol. The molecule has 3 fully saturated rings. The maximum absolute atomic E-state index is 13.3. The zero-order chi connectivity index (χ0) is 44.5. The van der Waals surface area contributed by atoms with Crippen LogP contribution in [-0.4, -0.2) is 95.0 Å². The first-order chi connectivity index (χ1) is 31.6. The lowest BCUT2D eigenvalue weighted by molar-refractivity contribution is -0.135. The highest BCUT2D eigenvalue weighted by Crippen LogP contribution is 2.33. The van der Waals surface area contributed by atoms with Crippen LogP contribution in [0.15, 0.2) is 108 Å². The number of piperazine rings is 1. The van der Waals surface area contributed by atoms with Crippen LogP contribution in [0.1, 0.15) is 48.3 Å². The van der Waals surface area contributed by atoms with Crippen LogP contribution in [0.2, 0.25) is 0 Å². The van der Waals surface area contributed by atoms with E-state index in [-0.39, 0.29) is 30.0 Å². The van der Waals surface area contributed by atoms with E-state index in [9.17, 15) is 19.2 Å². The maximum Gasteiger partial charge on any atom is 0.329 e. The summed E-state index contributed by atoms with van der Waals surface area (Å²) >= 11 is 0. The molecule has 0 spiro atoms. The molecule has 3 aliphatic rings. The van der Waals surface area contributed by atoms with E-state index >= 15 is 0 Å². The second-order valence-corrected chi connectivity index (χ2v) is 17.5. The van der Waals surface area contributed by atoms with Gasteiger partial charge in [0.2, 0.25) is 11.8 Å². The predicted molar refractivity (Wildman–Crippen MR) is 249 cm³/mol. The van der Waals surface area contributed by atoms with Crippen LogP contribution in [0.5, 0.6) is 0 Å². The molecule has 11 rings (SSSR count). The van der Waals surface area contributed by atoms with E-state index in [4.69, 9.17) is 10.1 Å². The van der Waals surface area contributed by atoms with E-state index < -0.39 is 11.9 Å². The lowest BCUT2D eigenvalue weighted by atomic mass is 10.0. The molecule has 1 unspecified atom stereocenters. The summed E-state index contributed by atoms with van der Waals surface area (Å²) in [5.74, 6) is -0.442. The summed E-state index contributed by atoms with van der Waals surface area (Å²) < 4.78 is 6.75. The smallest absolute Gasteiger partial charge is 0.329 e. The predicted octanol–water partition coefficient (Wildman–Crippen LogP) is 5.51. The Hall–Kier alpha value is -7.59. The van der Waals surface area contributed by atoms with Crippen LogP contribution < -0.4 is 26.5 Å². The van der Waals surface area contributed by atoms with Crippen LogP contribution in [0.4, 0.5) is 11.4 Å². The number of nitrogens with zero attached hydrogens (tertiary/aromatic N) is 9. The van der Waals surface area contributed by atoms with Crippen LogP contribution in [0.3, 0.4) is 0 Å². The Labute approximate surface area is 373 Å². The normalized spacial score (nSPS) is 19.0. The number of pyridine rings is 1. The molecule has 65 heavy (non-hydrogen) atoms. The molecule has 2 aliphatic heterocycles. The fraction of sp³-hybridized carbons (Fsp3) is 0.286. The zero-order valence-electron chi connectivity index (χ0n) is 36.4. The lowest BCUT2D eigenvalue weighted by Crippen LogP contribution is -2.45. The summed E-state index contributed by atoms with van der Waals surface area (Å²) in [6.07, 6.45) is 6.82. The second-order valence-electron chi connectivity index (χ2n) is 17.5. The summed E-state index contributed by atoms with van der Waals surface area (Å²) in [5.41, 5.74) is 11.7. The number of hydrogen-bond donors (Lipinski definition) is 3. The molecule has 3 aromatic carbocycles. The molecule has 328 valence electrons. The minimum atomic E-state index is -0.712. The van der Waals surface area contributed by atoms with Gasteiger partial charge in [-0.15, -0.1) is 0 Å². The maximum atomic E-state index is 13.3. The number of nitrogens with one attached hydrogen (secondary N) is 3. The van der Waals surface area contributed by atoms with Crippen molar-refractivity contribution in [3.63, 3.8) is 0 Å². The van der Waals surface area contributed by atoms with Crippen LogP contribution in [0.25, 0.3) is 56.0 Å². The number of piperidine rings is 1. The number of carbonyl (C=O) groups excluding carboxylic acids is 3. The van der Waals surface area contributed by atoms with Gasteiger partial charge in [-0.05, 0) is 83.5 Å². The number of rotatable bonds is 10. The third kappa shape index (κ3) is 7.19. The number of carbonyl (C=O) groups is 3. The minimum Gasteiger partial charge on any atom is -0.385 e. The third-order valence-corrected chi connectivity index (χ3v) is 13.4. The molecule has 3 amide bonds. The molecule has 5 aromatic heterocycles. The van der Waals surface area contributed by atoms with Crippen molar-refractivity contribution in [3.8, 4) is 33.6 Å². The molecular formula is C49H48N12O4. The number of anilines is 2. The highest BCUT2D eigenvalue weighted by Gasteiger charge is 2.35. The van der Waals surface area contributed by atoms with E-state index in [1.807, 2.05) is 41.9 Å². The van der Waals surface area contributed by atoms with E-state index in [0.29, 0.717) is 34.9 Å². The minimum absolute atomic E-state index is 0.178. The number of amides is 3. The van der Waals surface area contributed by atoms with Crippen molar-refractivity contribution in [1.29, 1.82) is 0 Å². The Morgan fingerprint density at radius 1 is 0.846 bits per heavy atom. The van der Waals surface area contributed by atoms with E-state index in [1.165, 1.54) is 15.8 Å². The molecule has 16 heteroatoms. The van der Waals surface area contributed by atoms with Gasteiger partial charge in [-0.1, -0.05) is 49.4 Å². The summed E-state index contributed by atoms with van der Waals surface area (Å²) in [6, 6.07) is 28.7. The van der Waals surface area contributed by atoms with E-state index in [1.54, 1.807) is 28.5 Å². The Morgan fingerprint density at radius 3 is 2.34 bits per heavy atom. The van der Waals surface area contributed by atoms with Crippen molar-refractivity contribution in [2.24, 2.45) is 13.0 Å². The van der Waals surface area contributed by atoms with Gasteiger partial charge < -0.3 is 15.5 Å². The first-order valence-corrected chi connectivity index (χ1v) is 22.2. The molecule has 3 atom stereocenters. The van der Waals surface area contributed by atoms with Gasteiger partial charge in [0, 0.05) is 82.9 Å². The third-order valence-electron chi connectivity index (χ3n) is 13.4. The van der Waals surface area contributed by atoms with Crippen molar-refractivity contribution in [2.75, 3.05) is 43.4 Å². The Balaban J connectivity index is 0.745. The molecule has 0 bridgehead atoms. The van der Waals surface area contributed by atoms with Crippen molar-refractivity contribution < 1.29 is 14.4 Å². The Kier molecular flexibility index (Phi) is 9.83. The van der Waals surface area contributed by atoms with E-state index in [2.05, 4.69) is 98.3 Å². The molecule has 1 saturated carbocycles. The Morgan fingerprint density at radius 2 is 1.60 bits per heavy atom. The first kappa shape index (κ1) is 40.2. The largest absolute Gasteiger partial charge is 0.385 e. The van der Waals surface area contributed by atoms with Crippen molar-refractivity contribution in [1.82, 2.24) is 48.7 Å². The van der Waals surface area contributed by atoms with Crippen molar-refractivity contribution in [2.45, 2.75) is 44.8 Å². The number of aryl methyl sites for hydroxylation is 1. The standard InChI is InChI=1S/C49H48N12O4/c1-29-24-36(29)53-48(64)43-27-52-46-38(50-2)26-37(55-61(43)46)39-15-13-35(45-51-18-19-59(39)45)32-6-4-30(5-7-32)28-57-20-22-58(23-21-57)34-11-8-31(9-12-34)33-10-14-40-42(25-33)56(3)49(65)60(40)41-16-17-44(62)54-47(41)63/h4-15,18-19,25-27,29,36,41,50H,16-17,20-24,28H2,1-3H3,(H,53,64)(H,54,62,63)/t29-,36+,41?/m0/s1. The van der Waals surface area contributed by atoms with Gasteiger partial charge in [0.15, 0.2) is 11.3 Å². The summed E-state index contributed by atoms with van der Waals surface area (Å²) in [6.45, 7) is 6.69. The quantitative estimate of drug-likeness (QED) is 0.149. The molecule has 2 saturated heterocycles. The van der Waals surface area contributed by atoms with Gasteiger partial charge in [0.1, 0.15) is 17.4 Å². The van der Waals surface area contributed by atoms with Gasteiger partial charge in [-0.2, -0.15) is 5.10 Å². The summed E-state index contributed by atoms with van der Waals surface area (Å²) in [7, 11) is 3.55. The fourth-order valence-electron chi connectivity index (χ4n) is 9.50. The number of imide groups is 1. The average molecular weight is 869 g/mol. The van der Waals surface area contributed by atoms with E-state index in [0.717, 1.165) is 83.9 Å². The fourth-order valence-corrected chi connectivity index (χ4v) is 9.50. The number of imidazole rings is 3. The summed E-state index contributed by atoms with van der Waals surface area (Å²) in [5, 5.41) is 13.6. The Bertz CT molecular complexity index is 3250. The van der Waals surface area contributed by atoms with Gasteiger partial charge >= 0.3 is 5.69 Å². The van der Waals surface area contributed by atoms with Crippen molar-refractivity contribution >= 4 is 51.4 Å². The number of benzene rings is 3. The van der Waals surface area contributed by atoms with Crippen LogP contribution >= 0.6 is 0 Å². The molecule has 1 aliphatic carbocycles. The number of fused-ring (bicyclic) bond motifs is 3. The molecular weight excluding hydrogens is 821 g/mol. The molecule has 3 N–H and O–H groups in total. The lowest BCUT2D eigenvalue weighted by Gasteiger charge is -2.36. The first-order valence-electron chi connectivity index (χ1n) is 22.2. The van der Waals surface area contributed by atoms with Crippen molar-refractivity contribution in [3.05, 3.63) is 125 Å². The van der Waals surface area contributed by atoms with Gasteiger partial charge in [0.05, 0.1) is 28.6 Å². The highest BCUT2D eigenvalue weighted by molar-refractivity contribution is 6.00. The second kappa shape index (κ2) is 15.9. The molecule has 8 aromatic rings. The molecule has 0 radical (unpaired) electrons. The van der Waals surface area contributed by atoms with Gasteiger partial charge in [0.25, 0.3) is 5.91 Å². The van der Waals surface area contributed by atoms with Crippen LogP contribution in [-0.2, 0) is 23.2 Å². The average Bonchev–Trinajstić information content (AvgIpc) is 3.63. The topological polar surface area (TPSA) is 168 Å². The SMILES string of the molecule is CNc1cc(-c2ccc(-c3ccc(CN4CCN(c5ccc(-c6ccc7c(c6)n(C)c(=O)n7C6CCC(=O)NC6=O)cc5)CC4)cc3)c3nccn23)nn2c(C(=O)N[C@@H]3C[C@@H]3C)cnc12. The molecule has 16 nitrogen and oxygen atoms in total. The zero-order valence-corrected chi connectivity index (χ0v) is 36.4. The highest BCUT2D eigenvalue weighted by atomic mass is 16.2. The van der Waals surface area contributed by atoms with Gasteiger partial charge in [-0.25, -0.2) is 19.3 Å². The van der Waals surface area contributed by atoms with Crippen LogP contribution in [0, 0.1) is 5.92 Å².